The van der Waals surface area contributed by atoms with Gasteiger partial charge in [0.25, 0.3) is 11.8 Å². The minimum absolute atomic E-state index is 0.0126. The Kier molecular flexibility index (Phi) is 5.83. The Morgan fingerprint density at radius 3 is 2.07 bits per heavy atom. The first-order valence-electron chi connectivity index (χ1n) is 8.75. The maximum absolute atomic E-state index is 12.2. The van der Waals surface area contributed by atoms with Gasteiger partial charge in [0.05, 0.1) is 17.7 Å². The molecule has 7 heteroatoms. The molecule has 0 radical (unpaired) electrons. The van der Waals surface area contributed by atoms with Gasteiger partial charge in [0.1, 0.15) is 0 Å². The van der Waals surface area contributed by atoms with Crippen molar-refractivity contribution in [3.05, 3.63) is 70.8 Å². The quantitative estimate of drug-likeness (QED) is 0.512. The number of benzene rings is 2. The first-order chi connectivity index (χ1) is 13.1. The third kappa shape index (κ3) is 4.32. The maximum atomic E-state index is 12.2. The smallest absolute Gasteiger partial charge is 0.315 e. The number of nitrogens with zero attached hydrogens (tertiary/aromatic N) is 1. The number of rotatable bonds is 7. The van der Waals surface area contributed by atoms with Gasteiger partial charge in [-0.05, 0) is 29.7 Å². The zero-order valence-electron chi connectivity index (χ0n) is 14.8. The van der Waals surface area contributed by atoms with E-state index >= 15 is 0 Å². The fourth-order valence-electron chi connectivity index (χ4n) is 2.89. The van der Waals surface area contributed by atoms with Crippen LogP contribution in [0, 0.1) is 0 Å². The number of hydrogen-bond acceptors (Lipinski definition) is 4. The number of aliphatic hydroxyl groups is 1. The molecule has 1 aliphatic heterocycles. The summed E-state index contributed by atoms with van der Waals surface area (Å²) in [6.07, 6.45) is 0.476. The van der Waals surface area contributed by atoms with Crippen molar-refractivity contribution in [1.82, 2.24) is 15.5 Å². The van der Waals surface area contributed by atoms with Crippen molar-refractivity contribution in [2.24, 2.45) is 0 Å². The summed E-state index contributed by atoms with van der Waals surface area (Å²) in [4.78, 5) is 37.5. The highest BCUT2D eigenvalue weighted by Gasteiger charge is 2.34. The standard InChI is InChI=1S/C20H21N3O4/c24-13-15-8-6-14(7-9-15)12-22-20(27)21-10-3-11-23-18(25)16-4-1-2-5-17(16)19(23)26/h1-2,4-9,24H,3,10-13H2,(H2,21,22,27). The number of urea groups is 1. The molecule has 140 valence electrons. The second-order valence-electron chi connectivity index (χ2n) is 6.25. The van der Waals surface area contributed by atoms with Crippen molar-refractivity contribution in [1.29, 1.82) is 0 Å². The predicted molar refractivity (Wildman–Crippen MR) is 99.0 cm³/mol. The van der Waals surface area contributed by atoms with Crippen LogP contribution in [0.4, 0.5) is 4.79 Å². The first kappa shape index (κ1) is 18.6. The highest BCUT2D eigenvalue weighted by molar-refractivity contribution is 6.21. The van der Waals surface area contributed by atoms with Crippen molar-refractivity contribution in [3.63, 3.8) is 0 Å². The van der Waals surface area contributed by atoms with Crippen LogP contribution in [0.1, 0.15) is 38.3 Å². The van der Waals surface area contributed by atoms with Gasteiger partial charge in [-0.25, -0.2) is 4.79 Å². The van der Waals surface area contributed by atoms with Crippen LogP contribution in [-0.2, 0) is 13.2 Å². The maximum Gasteiger partial charge on any atom is 0.315 e. The van der Waals surface area contributed by atoms with Gasteiger partial charge in [0.2, 0.25) is 0 Å². The Hall–Kier alpha value is -3.19. The Balaban J connectivity index is 1.38. The molecule has 0 saturated carbocycles. The fraction of sp³-hybridized carbons (Fsp3) is 0.250. The molecule has 0 spiro atoms. The summed E-state index contributed by atoms with van der Waals surface area (Å²) < 4.78 is 0. The van der Waals surface area contributed by atoms with E-state index in [2.05, 4.69) is 10.6 Å². The molecule has 0 aliphatic carbocycles. The van der Waals surface area contributed by atoms with E-state index in [1.807, 2.05) is 12.1 Å². The summed E-state index contributed by atoms with van der Waals surface area (Å²) in [5.41, 5.74) is 2.60. The Bertz CT molecular complexity index is 814. The molecule has 3 rings (SSSR count). The summed E-state index contributed by atoms with van der Waals surface area (Å²) in [6.45, 7) is 0.967. The number of imide groups is 1. The number of carbonyl (C=O) groups is 3. The van der Waals surface area contributed by atoms with Gasteiger partial charge in [-0.1, -0.05) is 36.4 Å². The number of hydrogen-bond donors (Lipinski definition) is 3. The van der Waals surface area contributed by atoms with Crippen molar-refractivity contribution in [2.45, 2.75) is 19.6 Å². The average molecular weight is 367 g/mol. The second kappa shape index (κ2) is 8.46. The molecule has 2 aromatic rings. The van der Waals surface area contributed by atoms with Crippen molar-refractivity contribution >= 4 is 17.8 Å². The molecule has 7 nitrogen and oxygen atoms in total. The third-order valence-corrected chi connectivity index (χ3v) is 4.38. The molecule has 0 bridgehead atoms. The number of aliphatic hydroxyl groups excluding tert-OH is 1. The van der Waals surface area contributed by atoms with Crippen LogP contribution in [-0.4, -0.2) is 40.9 Å². The molecule has 3 N–H and O–H groups in total. The van der Waals surface area contributed by atoms with Gasteiger partial charge in [0.15, 0.2) is 0 Å². The van der Waals surface area contributed by atoms with Gasteiger partial charge in [-0.2, -0.15) is 0 Å². The van der Waals surface area contributed by atoms with E-state index in [1.54, 1.807) is 36.4 Å². The first-order valence-corrected chi connectivity index (χ1v) is 8.75. The molecule has 0 unspecified atom stereocenters. The van der Waals surface area contributed by atoms with Crippen molar-refractivity contribution < 1.29 is 19.5 Å². The zero-order chi connectivity index (χ0) is 19.2. The highest BCUT2D eigenvalue weighted by Crippen LogP contribution is 2.22. The molecule has 0 fully saturated rings. The van der Waals surface area contributed by atoms with E-state index < -0.39 is 0 Å². The van der Waals surface area contributed by atoms with Crippen LogP contribution in [0.3, 0.4) is 0 Å². The van der Waals surface area contributed by atoms with Gasteiger partial charge < -0.3 is 15.7 Å². The summed E-state index contributed by atoms with van der Waals surface area (Å²) in [6, 6.07) is 13.7. The topological polar surface area (TPSA) is 98.7 Å². The van der Waals surface area contributed by atoms with Crippen LogP contribution in [0.5, 0.6) is 0 Å². The predicted octanol–water partition coefficient (Wildman–Crippen LogP) is 1.66. The number of fused-ring (bicyclic) bond motifs is 1. The highest BCUT2D eigenvalue weighted by atomic mass is 16.3. The Labute approximate surface area is 157 Å². The Morgan fingerprint density at radius 2 is 1.48 bits per heavy atom. The molecular formula is C20H21N3O4. The molecular weight excluding hydrogens is 346 g/mol. The van der Waals surface area contributed by atoms with Crippen LogP contribution >= 0.6 is 0 Å². The van der Waals surface area contributed by atoms with E-state index in [4.69, 9.17) is 5.11 Å². The lowest BCUT2D eigenvalue weighted by molar-refractivity contribution is 0.0653. The third-order valence-electron chi connectivity index (χ3n) is 4.38. The minimum atomic E-state index is -0.316. The monoisotopic (exact) mass is 367 g/mol. The van der Waals surface area contributed by atoms with Gasteiger partial charge in [-0.3, -0.25) is 14.5 Å². The van der Waals surface area contributed by atoms with Crippen LogP contribution < -0.4 is 10.6 Å². The lowest BCUT2D eigenvalue weighted by Crippen LogP contribution is -2.37. The number of nitrogens with one attached hydrogen (secondary N) is 2. The van der Waals surface area contributed by atoms with Gasteiger partial charge >= 0.3 is 6.03 Å². The van der Waals surface area contributed by atoms with Gasteiger partial charge in [-0.15, -0.1) is 0 Å². The zero-order valence-corrected chi connectivity index (χ0v) is 14.8. The summed E-state index contributed by atoms with van der Waals surface area (Å²) >= 11 is 0. The lowest BCUT2D eigenvalue weighted by atomic mass is 10.1. The molecule has 0 aromatic heterocycles. The minimum Gasteiger partial charge on any atom is -0.392 e. The SMILES string of the molecule is O=C(NCCCN1C(=O)c2ccccc2C1=O)NCc1ccc(CO)cc1. The molecule has 0 atom stereocenters. The van der Waals surface area contributed by atoms with E-state index in [0.717, 1.165) is 11.1 Å². The van der Waals surface area contributed by atoms with Crippen LogP contribution in [0.25, 0.3) is 0 Å². The van der Waals surface area contributed by atoms with E-state index in [1.165, 1.54) is 4.90 Å². The number of amides is 4. The summed E-state index contributed by atoms with van der Waals surface area (Å²) in [5.74, 6) is -0.572. The summed E-state index contributed by atoms with van der Waals surface area (Å²) in [5, 5.41) is 14.5. The van der Waals surface area contributed by atoms with E-state index in [-0.39, 0.29) is 31.0 Å². The molecule has 1 heterocycles. The molecule has 4 amide bonds. The van der Waals surface area contributed by atoms with E-state index in [0.29, 0.717) is 30.6 Å². The molecule has 27 heavy (non-hydrogen) atoms. The molecule has 1 aliphatic rings. The van der Waals surface area contributed by atoms with Crippen molar-refractivity contribution in [2.75, 3.05) is 13.1 Å². The van der Waals surface area contributed by atoms with Crippen LogP contribution in [0.2, 0.25) is 0 Å². The van der Waals surface area contributed by atoms with Crippen molar-refractivity contribution in [3.8, 4) is 0 Å². The summed E-state index contributed by atoms with van der Waals surface area (Å²) in [7, 11) is 0. The second-order valence-corrected chi connectivity index (χ2v) is 6.25. The van der Waals surface area contributed by atoms with Gasteiger partial charge in [0, 0.05) is 19.6 Å². The van der Waals surface area contributed by atoms with Crippen LogP contribution in [0.15, 0.2) is 48.5 Å². The number of carbonyl (C=O) groups excluding carboxylic acids is 3. The fourth-order valence-corrected chi connectivity index (χ4v) is 2.89. The van der Waals surface area contributed by atoms with E-state index in [9.17, 15) is 14.4 Å². The normalized spacial score (nSPS) is 12.9. The largest absolute Gasteiger partial charge is 0.392 e. The average Bonchev–Trinajstić information content (AvgIpc) is 2.95. The molecule has 0 saturated heterocycles. The Morgan fingerprint density at radius 1 is 0.889 bits per heavy atom. The molecule has 2 aromatic carbocycles. The lowest BCUT2D eigenvalue weighted by Gasteiger charge is -2.14.